The number of aliphatic hydroxyl groups excluding tert-OH is 1. The molecule has 2 aromatic rings. The van der Waals surface area contributed by atoms with Crippen molar-refractivity contribution in [2.45, 2.75) is 70.6 Å². The van der Waals surface area contributed by atoms with Crippen LogP contribution in [0.15, 0.2) is 18.2 Å². The molecule has 0 radical (unpaired) electrons. The van der Waals surface area contributed by atoms with E-state index in [0.29, 0.717) is 5.69 Å². The second kappa shape index (κ2) is 7.87. The topological polar surface area (TPSA) is 125 Å². The van der Waals surface area contributed by atoms with Crippen molar-refractivity contribution in [2.75, 3.05) is 4.90 Å². The van der Waals surface area contributed by atoms with Crippen LogP contribution in [-0.4, -0.2) is 50.3 Å². The Morgan fingerprint density at radius 2 is 1.89 bits per heavy atom. The number of aryl methyl sites for hydroxylation is 1. The third kappa shape index (κ3) is 3.52. The van der Waals surface area contributed by atoms with E-state index in [1.54, 1.807) is 13.8 Å². The standard InChI is InChI=1S/C25H27F3N4O5/c1-10-6-7-15(11(2)17(10)25(26,27)28)32-21(35)18-19(22(32)36)24(5)16(9-23(18,4)37-24)29-20(34)14-8-13(12(3)33)30-31-14/h6-8,12,16,18-19,33H,9H2,1-5H3,(H,29,34)(H,30,31)/t12?,16-,18-,19+,23-,24+/m1/s1. The highest BCUT2D eigenvalue weighted by Crippen LogP contribution is 2.61. The molecule has 0 saturated carbocycles. The van der Waals surface area contributed by atoms with Gasteiger partial charge in [0.05, 0.1) is 52.1 Å². The average Bonchev–Trinajstić information content (AvgIpc) is 3.48. The van der Waals surface area contributed by atoms with E-state index in [9.17, 15) is 32.7 Å². The van der Waals surface area contributed by atoms with Crippen molar-refractivity contribution < 1.29 is 37.4 Å². The molecule has 2 bridgehead atoms. The van der Waals surface area contributed by atoms with Gasteiger partial charge in [0.1, 0.15) is 5.69 Å². The van der Waals surface area contributed by atoms with Gasteiger partial charge in [0.15, 0.2) is 0 Å². The van der Waals surface area contributed by atoms with Crippen molar-refractivity contribution in [3.8, 4) is 0 Å². The van der Waals surface area contributed by atoms with Crippen molar-refractivity contribution in [1.82, 2.24) is 15.5 Å². The molecule has 12 heteroatoms. The maximum absolute atomic E-state index is 13.7. The largest absolute Gasteiger partial charge is 0.416 e. The molecule has 6 atom stereocenters. The van der Waals surface area contributed by atoms with Crippen molar-refractivity contribution >= 4 is 23.4 Å². The Labute approximate surface area is 210 Å². The molecular formula is C25H27F3N4O5. The SMILES string of the molecule is Cc1ccc(N2C(=O)[C@@H]3[C@H](C2=O)[C@@]2(C)C[C@@H](NC(=O)c4cc(C(C)O)[nH]n4)[C@]3(C)O2)c(C)c1C(F)(F)F. The van der Waals surface area contributed by atoms with Crippen molar-refractivity contribution in [3.63, 3.8) is 0 Å². The quantitative estimate of drug-likeness (QED) is 0.533. The first kappa shape index (κ1) is 25.4. The van der Waals surface area contributed by atoms with Gasteiger partial charge < -0.3 is 15.2 Å². The van der Waals surface area contributed by atoms with Crippen molar-refractivity contribution in [1.29, 1.82) is 0 Å². The lowest BCUT2D eigenvalue weighted by Gasteiger charge is -2.35. The number of anilines is 1. The average molecular weight is 521 g/mol. The molecule has 3 aliphatic rings. The van der Waals surface area contributed by atoms with E-state index >= 15 is 0 Å². The van der Waals surface area contributed by atoms with E-state index in [1.165, 1.54) is 39.0 Å². The van der Waals surface area contributed by atoms with Crippen LogP contribution < -0.4 is 10.2 Å². The van der Waals surface area contributed by atoms with E-state index in [1.807, 2.05) is 0 Å². The molecule has 4 heterocycles. The zero-order chi connectivity index (χ0) is 27.2. The second-order valence-corrected chi connectivity index (χ2v) is 10.6. The first-order valence-corrected chi connectivity index (χ1v) is 11.9. The van der Waals surface area contributed by atoms with Gasteiger partial charge in [-0.1, -0.05) is 6.07 Å². The highest BCUT2D eigenvalue weighted by Gasteiger charge is 2.76. The number of H-pyrrole nitrogens is 1. The monoisotopic (exact) mass is 520 g/mol. The van der Waals surface area contributed by atoms with Crippen LogP contribution in [0.1, 0.15) is 66.2 Å². The van der Waals surface area contributed by atoms with E-state index in [0.717, 1.165) is 4.90 Å². The number of imide groups is 1. The molecule has 3 N–H and O–H groups in total. The number of amides is 3. The zero-order valence-electron chi connectivity index (χ0n) is 20.9. The highest BCUT2D eigenvalue weighted by atomic mass is 19.4. The molecule has 198 valence electrons. The molecule has 1 aromatic heterocycles. The maximum atomic E-state index is 13.7. The smallest absolute Gasteiger partial charge is 0.387 e. The summed E-state index contributed by atoms with van der Waals surface area (Å²) < 4.78 is 47.5. The van der Waals surface area contributed by atoms with Crippen LogP contribution in [0.4, 0.5) is 18.9 Å². The fourth-order valence-corrected chi connectivity index (χ4v) is 6.40. The first-order chi connectivity index (χ1) is 17.1. The fraction of sp³-hybridized carbons (Fsp3) is 0.520. The Bertz CT molecular complexity index is 1340. The van der Waals surface area contributed by atoms with Gasteiger partial charge in [-0.3, -0.25) is 19.5 Å². The lowest BCUT2D eigenvalue weighted by molar-refractivity contribution is -0.139. The van der Waals surface area contributed by atoms with Crippen molar-refractivity contribution in [2.24, 2.45) is 11.8 Å². The number of benzene rings is 1. The number of aromatic nitrogens is 2. The highest BCUT2D eigenvalue weighted by molar-refractivity contribution is 6.23. The Balaban J connectivity index is 1.48. The van der Waals surface area contributed by atoms with E-state index in [-0.39, 0.29) is 28.9 Å². The number of aromatic amines is 1. The van der Waals surface area contributed by atoms with Gasteiger partial charge >= 0.3 is 6.18 Å². The summed E-state index contributed by atoms with van der Waals surface area (Å²) in [5.74, 6) is -3.72. The predicted molar refractivity (Wildman–Crippen MR) is 123 cm³/mol. The zero-order valence-corrected chi connectivity index (χ0v) is 20.9. The molecule has 37 heavy (non-hydrogen) atoms. The number of ether oxygens (including phenoxy) is 1. The van der Waals surface area contributed by atoms with Crippen LogP contribution in [0.2, 0.25) is 0 Å². The molecule has 3 amide bonds. The first-order valence-electron chi connectivity index (χ1n) is 11.9. The summed E-state index contributed by atoms with van der Waals surface area (Å²) >= 11 is 0. The fourth-order valence-electron chi connectivity index (χ4n) is 6.40. The number of rotatable bonds is 4. The van der Waals surface area contributed by atoms with Crippen molar-refractivity contribution in [3.05, 3.63) is 46.3 Å². The Hall–Kier alpha value is -3.25. The number of nitrogens with zero attached hydrogens (tertiary/aromatic N) is 2. The normalized spacial score (nSPS) is 31.7. The van der Waals surface area contributed by atoms with Crippen LogP contribution in [0.25, 0.3) is 0 Å². The third-order valence-electron chi connectivity index (χ3n) is 8.09. The summed E-state index contributed by atoms with van der Waals surface area (Å²) in [4.78, 5) is 41.0. The molecule has 1 aromatic carbocycles. The molecule has 3 aliphatic heterocycles. The maximum Gasteiger partial charge on any atom is 0.416 e. The number of alkyl halides is 3. The molecule has 5 rings (SSSR count). The molecule has 3 saturated heterocycles. The minimum Gasteiger partial charge on any atom is -0.387 e. The Morgan fingerprint density at radius 1 is 1.24 bits per heavy atom. The lowest BCUT2D eigenvalue weighted by Crippen LogP contribution is -2.56. The number of hydrogen-bond donors (Lipinski definition) is 3. The van der Waals surface area contributed by atoms with E-state index < -0.39 is 64.6 Å². The van der Waals surface area contributed by atoms with Gasteiger partial charge in [0.2, 0.25) is 11.8 Å². The molecule has 3 fully saturated rings. The minimum atomic E-state index is -4.65. The lowest BCUT2D eigenvalue weighted by atomic mass is 9.66. The number of aliphatic hydroxyl groups is 1. The number of carbonyl (C=O) groups excluding carboxylic acids is 3. The van der Waals surface area contributed by atoms with Gasteiger partial charge in [-0.05, 0) is 57.9 Å². The molecule has 1 unspecified atom stereocenters. The summed E-state index contributed by atoms with van der Waals surface area (Å²) in [6.45, 7) is 7.41. The summed E-state index contributed by atoms with van der Waals surface area (Å²) in [5, 5.41) is 19.0. The second-order valence-electron chi connectivity index (χ2n) is 10.6. The molecule has 9 nitrogen and oxygen atoms in total. The number of halogens is 3. The molecule has 0 spiro atoms. The Morgan fingerprint density at radius 3 is 2.49 bits per heavy atom. The van der Waals surface area contributed by atoms with Crippen LogP contribution >= 0.6 is 0 Å². The summed E-state index contributed by atoms with van der Waals surface area (Å²) in [6, 6.07) is 3.36. The molecule has 0 aliphatic carbocycles. The van der Waals surface area contributed by atoms with E-state index in [2.05, 4.69) is 15.5 Å². The van der Waals surface area contributed by atoms with Gasteiger partial charge in [0, 0.05) is 6.42 Å². The van der Waals surface area contributed by atoms with Crippen LogP contribution in [0.5, 0.6) is 0 Å². The molecular weight excluding hydrogens is 493 g/mol. The van der Waals surface area contributed by atoms with Crippen LogP contribution in [0.3, 0.4) is 0 Å². The number of nitrogens with one attached hydrogen (secondary N) is 2. The predicted octanol–water partition coefficient (Wildman–Crippen LogP) is 2.95. The van der Waals surface area contributed by atoms with E-state index in [4.69, 9.17) is 4.74 Å². The van der Waals surface area contributed by atoms with Crippen LogP contribution in [-0.2, 0) is 20.5 Å². The van der Waals surface area contributed by atoms with Gasteiger partial charge in [-0.2, -0.15) is 18.3 Å². The summed E-state index contributed by atoms with van der Waals surface area (Å²) in [6.07, 6.45) is -5.29. The van der Waals surface area contributed by atoms with Gasteiger partial charge in [-0.15, -0.1) is 0 Å². The number of fused-ring (bicyclic) bond motifs is 5. The van der Waals surface area contributed by atoms with Crippen LogP contribution in [0, 0.1) is 25.7 Å². The van der Waals surface area contributed by atoms with Gasteiger partial charge in [0.25, 0.3) is 5.91 Å². The van der Waals surface area contributed by atoms with Gasteiger partial charge in [-0.25, -0.2) is 4.90 Å². The Kier molecular flexibility index (Phi) is 5.41. The number of hydrogen-bond acceptors (Lipinski definition) is 6. The minimum absolute atomic E-state index is 0.00439. The summed E-state index contributed by atoms with van der Waals surface area (Å²) in [5.41, 5.74) is -3.17. The third-order valence-corrected chi connectivity index (χ3v) is 8.09. The summed E-state index contributed by atoms with van der Waals surface area (Å²) in [7, 11) is 0. The number of carbonyl (C=O) groups is 3.